The van der Waals surface area contributed by atoms with Crippen LogP contribution >= 0.6 is 0 Å². The largest absolute Gasteiger partial charge is 0.456 e. The van der Waals surface area contributed by atoms with E-state index in [0.717, 1.165) is 11.1 Å². The number of carbonyl (C=O) groups is 2. The molecule has 0 aromatic heterocycles. The molecule has 0 spiro atoms. The summed E-state index contributed by atoms with van der Waals surface area (Å²) in [5, 5.41) is 11.2. The molecule has 122 valence electrons. The van der Waals surface area contributed by atoms with Crippen LogP contribution in [0.15, 0.2) is 54.6 Å². The van der Waals surface area contributed by atoms with Crippen molar-refractivity contribution < 1.29 is 14.3 Å². The fraction of sp³-hybridized carbons (Fsp3) is 0.211. The summed E-state index contributed by atoms with van der Waals surface area (Å²) in [6.07, 6.45) is 1.15. The van der Waals surface area contributed by atoms with Gasteiger partial charge in [-0.15, -0.1) is 0 Å². The summed E-state index contributed by atoms with van der Waals surface area (Å²) in [5.41, 5.74) is 2.53. The summed E-state index contributed by atoms with van der Waals surface area (Å²) in [6.45, 7) is -0.312. The lowest BCUT2D eigenvalue weighted by Crippen LogP contribution is -2.21. The molecule has 0 radical (unpaired) electrons. The second kappa shape index (κ2) is 9.11. The predicted molar refractivity (Wildman–Crippen MR) is 90.1 cm³/mol. The second-order valence-corrected chi connectivity index (χ2v) is 5.23. The van der Waals surface area contributed by atoms with Crippen LogP contribution in [-0.2, 0) is 27.2 Å². The minimum absolute atomic E-state index is 0.236. The van der Waals surface area contributed by atoms with Gasteiger partial charge >= 0.3 is 5.97 Å². The minimum Gasteiger partial charge on any atom is -0.456 e. The van der Waals surface area contributed by atoms with Gasteiger partial charge in [-0.1, -0.05) is 42.5 Å². The molecule has 0 aliphatic rings. The Balaban J connectivity index is 1.70. The lowest BCUT2D eigenvalue weighted by Gasteiger charge is -2.07. The molecule has 0 bridgehead atoms. The highest BCUT2D eigenvalue weighted by Gasteiger charge is 2.08. The molecule has 0 saturated carbocycles. The van der Waals surface area contributed by atoms with Gasteiger partial charge in [0.2, 0.25) is 0 Å². The fourth-order valence-corrected chi connectivity index (χ4v) is 2.10. The standard InChI is InChI=1S/C19H18N2O3/c20-13-12-16-6-9-17(10-7-16)21-18(22)14-24-19(23)11-8-15-4-2-1-3-5-15/h1-7,9-10H,8,11-12,14H2,(H,21,22). The van der Waals surface area contributed by atoms with E-state index in [9.17, 15) is 9.59 Å². The van der Waals surface area contributed by atoms with E-state index in [1.165, 1.54) is 0 Å². The molecular weight excluding hydrogens is 304 g/mol. The molecule has 0 aliphatic carbocycles. The van der Waals surface area contributed by atoms with Crippen molar-refractivity contribution in [2.24, 2.45) is 0 Å². The Morgan fingerprint density at radius 2 is 1.71 bits per heavy atom. The number of esters is 1. The van der Waals surface area contributed by atoms with Gasteiger partial charge in [0.1, 0.15) is 0 Å². The highest BCUT2D eigenvalue weighted by molar-refractivity contribution is 5.92. The SMILES string of the molecule is N#CCc1ccc(NC(=O)COC(=O)CCc2ccccc2)cc1. The monoisotopic (exact) mass is 322 g/mol. The average molecular weight is 322 g/mol. The van der Waals surface area contributed by atoms with E-state index in [2.05, 4.69) is 11.4 Å². The summed E-state index contributed by atoms with van der Waals surface area (Å²) < 4.78 is 4.97. The smallest absolute Gasteiger partial charge is 0.306 e. The molecule has 0 aliphatic heterocycles. The molecule has 2 aromatic rings. The first-order valence-electron chi connectivity index (χ1n) is 7.62. The normalized spacial score (nSPS) is 9.79. The van der Waals surface area contributed by atoms with Crippen molar-refractivity contribution in [2.45, 2.75) is 19.3 Å². The second-order valence-electron chi connectivity index (χ2n) is 5.23. The van der Waals surface area contributed by atoms with Crippen LogP contribution in [0.25, 0.3) is 0 Å². The van der Waals surface area contributed by atoms with Gasteiger partial charge in [0.25, 0.3) is 5.91 Å². The predicted octanol–water partition coefficient (Wildman–Crippen LogP) is 2.87. The van der Waals surface area contributed by atoms with Gasteiger partial charge in [-0.2, -0.15) is 5.26 Å². The average Bonchev–Trinajstić information content (AvgIpc) is 2.61. The molecule has 1 N–H and O–H groups in total. The summed E-state index contributed by atoms with van der Waals surface area (Å²) in [6, 6.07) is 18.6. The molecule has 5 nitrogen and oxygen atoms in total. The number of amides is 1. The Bertz CT molecular complexity index is 719. The van der Waals surface area contributed by atoms with Gasteiger partial charge in [-0.3, -0.25) is 9.59 Å². The Morgan fingerprint density at radius 3 is 2.38 bits per heavy atom. The molecule has 0 saturated heterocycles. The summed E-state index contributed by atoms with van der Waals surface area (Å²) in [7, 11) is 0. The van der Waals surface area contributed by atoms with E-state index in [-0.39, 0.29) is 13.0 Å². The van der Waals surface area contributed by atoms with Crippen LogP contribution in [0.3, 0.4) is 0 Å². The fourth-order valence-electron chi connectivity index (χ4n) is 2.10. The molecule has 24 heavy (non-hydrogen) atoms. The number of rotatable bonds is 7. The third kappa shape index (κ3) is 5.93. The number of hydrogen-bond donors (Lipinski definition) is 1. The van der Waals surface area contributed by atoms with Crippen molar-refractivity contribution in [3.05, 3.63) is 65.7 Å². The molecule has 2 aromatic carbocycles. The van der Waals surface area contributed by atoms with E-state index in [0.29, 0.717) is 18.5 Å². The van der Waals surface area contributed by atoms with E-state index in [1.807, 2.05) is 30.3 Å². The van der Waals surface area contributed by atoms with E-state index >= 15 is 0 Å². The number of nitrogens with zero attached hydrogens (tertiary/aromatic N) is 1. The van der Waals surface area contributed by atoms with Crippen molar-refractivity contribution in [1.29, 1.82) is 5.26 Å². The zero-order chi connectivity index (χ0) is 17.2. The molecule has 5 heteroatoms. The van der Waals surface area contributed by atoms with Gasteiger partial charge in [-0.25, -0.2) is 0 Å². The molecule has 0 fully saturated rings. The van der Waals surface area contributed by atoms with Crippen LogP contribution < -0.4 is 5.32 Å². The summed E-state index contributed by atoms with van der Waals surface area (Å²) in [4.78, 5) is 23.4. The van der Waals surface area contributed by atoms with E-state index in [1.54, 1.807) is 24.3 Å². The van der Waals surface area contributed by atoms with Crippen LogP contribution in [0, 0.1) is 11.3 Å². The number of ether oxygens (including phenoxy) is 1. The molecule has 0 atom stereocenters. The van der Waals surface area contributed by atoms with Crippen LogP contribution in [-0.4, -0.2) is 18.5 Å². The Kier molecular flexibility index (Phi) is 6.54. The van der Waals surface area contributed by atoms with Gasteiger partial charge in [0.15, 0.2) is 6.61 Å². The number of carbonyl (C=O) groups excluding carboxylic acids is 2. The summed E-state index contributed by atoms with van der Waals surface area (Å²) in [5.74, 6) is -0.797. The van der Waals surface area contributed by atoms with Crippen LogP contribution in [0.4, 0.5) is 5.69 Å². The van der Waals surface area contributed by atoms with Gasteiger partial charge in [0.05, 0.1) is 12.5 Å². The number of aryl methyl sites for hydroxylation is 1. The van der Waals surface area contributed by atoms with Gasteiger partial charge in [-0.05, 0) is 29.7 Å². The van der Waals surface area contributed by atoms with Crippen molar-refractivity contribution in [1.82, 2.24) is 0 Å². The summed E-state index contributed by atoms with van der Waals surface area (Å²) >= 11 is 0. The first-order chi connectivity index (χ1) is 11.7. The molecular formula is C19H18N2O3. The number of benzene rings is 2. The molecule has 0 heterocycles. The Labute approximate surface area is 140 Å². The number of nitrogens with one attached hydrogen (secondary N) is 1. The lowest BCUT2D eigenvalue weighted by atomic mass is 10.1. The Morgan fingerprint density at radius 1 is 1.00 bits per heavy atom. The van der Waals surface area contributed by atoms with Crippen molar-refractivity contribution in [3.63, 3.8) is 0 Å². The maximum Gasteiger partial charge on any atom is 0.306 e. The topological polar surface area (TPSA) is 79.2 Å². The van der Waals surface area contributed by atoms with Crippen molar-refractivity contribution in [2.75, 3.05) is 11.9 Å². The zero-order valence-electron chi connectivity index (χ0n) is 13.2. The third-order valence-electron chi connectivity index (χ3n) is 3.35. The van der Waals surface area contributed by atoms with Crippen LogP contribution in [0.1, 0.15) is 17.5 Å². The minimum atomic E-state index is -0.404. The highest BCUT2D eigenvalue weighted by Crippen LogP contribution is 2.10. The zero-order valence-corrected chi connectivity index (χ0v) is 13.2. The molecule has 0 unspecified atom stereocenters. The number of anilines is 1. The molecule has 1 amide bonds. The van der Waals surface area contributed by atoms with E-state index in [4.69, 9.17) is 10.00 Å². The van der Waals surface area contributed by atoms with Crippen LogP contribution in [0.5, 0.6) is 0 Å². The first-order valence-corrected chi connectivity index (χ1v) is 7.62. The van der Waals surface area contributed by atoms with Gasteiger partial charge in [0, 0.05) is 12.1 Å². The highest BCUT2D eigenvalue weighted by atomic mass is 16.5. The maximum atomic E-state index is 11.8. The first kappa shape index (κ1) is 17.2. The van der Waals surface area contributed by atoms with Gasteiger partial charge < -0.3 is 10.1 Å². The van der Waals surface area contributed by atoms with E-state index < -0.39 is 11.9 Å². The van der Waals surface area contributed by atoms with Crippen LogP contribution in [0.2, 0.25) is 0 Å². The molecule has 2 rings (SSSR count). The maximum absolute atomic E-state index is 11.8. The number of nitriles is 1. The van der Waals surface area contributed by atoms with Crippen molar-refractivity contribution in [3.8, 4) is 6.07 Å². The lowest BCUT2D eigenvalue weighted by molar-refractivity contribution is -0.147. The number of hydrogen-bond acceptors (Lipinski definition) is 4. The van der Waals surface area contributed by atoms with Crippen molar-refractivity contribution >= 4 is 17.6 Å². The Hall–Kier alpha value is -3.13. The quantitative estimate of drug-likeness (QED) is 0.795. The third-order valence-corrected chi connectivity index (χ3v) is 3.35.